The Morgan fingerprint density at radius 2 is 2.08 bits per heavy atom. The number of ether oxygens (including phenoxy) is 2. The summed E-state index contributed by atoms with van der Waals surface area (Å²) in [6, 6.07) is 0. The highest BCUT2D eigenvalue weighted by molar-refractivity contribution is 14.1. The van der Waals surface area contributed by atoms with Gasteiger partial charge in [-0.15, -0.1) is 0 Å². The van der Waals surface area contributed by atoms with E-state index in [1.807, 2.05) is 29.5 Å². The third-order valence-corrected chi connectivity index (χ3v) is 1.70. The molecule has 0 aliphatic rings. The predicted octanol–water partition coefficient (Wildman–Crippen LogP) is 2.97. The molecule has 0 saturated heterocycles. The summed E-state index contributed by atoms with van der Waals surface area (Å²) in [5.41, 5.74) is 0. The van der Waals surface area contributed by atoms with Crippen LogP contribution < -0.4 is 0 Å². The molecule has 0 fully saturated rings. The molecule has 0 spiro atoms. The van der Waals surface area contributed by atoms with Crippen molar-refractivity contribution in [2.45, 2.75) is 31.3 Å². The highest BCUT2D eigenvalue weighted by atomic mass is 127. The molecule has 0 radical (unpaired) electrons. The molecule has 4 heteroatoms. The van der Waals surface area contributed by atoms with Gasteiger partial charge in [-0.2, -0.15) is 0 Å². The molecular formula is C8H15IO3. The largest absolute Gasteiger partial charge is 0.509 e. The van der Waals surface area contributed by atoms with Crippen LogP contribution in [0.4, 0.5) is 4.79 Å². The zero-order valence-corrected chi connectivity index (χ0v) is 9.83. The quantitative estimate of drug-likeness (QED) is 0.453. The average molecular weight is 286 g/mol. The number of rotatable bonds is 4. The summed E-state index contributed by atoms with van der Waals surface area (Å²) in [5.74, 6) is 0.405. The van der Waals surface area contributed by atoms with Crippen LogP contribution in [0, 0.1) is 5.92 Å². The first kappa shape index (κ1) is 12.0. The molecule has 0 aliphatic carbocycles. The Hall–Kier alpha value is 0. The van der Waals surface area contributed by atoms with Crippen molar-refractivity contribution in [2.24, 2.45) is 5.92 Å². The summed E-state index contributed by atoms with van der Waals surface area (Å²) >= 11 is 2.00. The third kappa shape index (κ3) is 6.69. The molecule has 12 heavy (non-hydrogen) atoms. The average Bonchev–Trinajstić information content (AvgIpc) is 1.99. The lowest BCUT2D eigenvalue weighted by Crippen LogP contribution is -2.15. The second-order valence-electron chi connectivity index (χ2n) is 2.74. The van der Waals surface area contributed by atoms with Crippen LogP contribution in [0.15, 0.2) is 0 Å². The Morgan fingerprint density at radius 3 is 2.50 bits per heavy atom. The lowest BCUT2D eigenvalue weighted by atomic mass is 10.1. The van der Waals surface area contributed by atoms with Crippen molar-refractivity contribution in [2.75, 3.05) is 6.61 Å². The van der Waals surface area contributed by atoms with E-state index in [1.165, 1.54) is 0 Å². The second kappa shape index (κ2) is 6.51. The van der Waals surface area contributed by atoms with Crippen molar-refractivity contribution in [3.63, 3.8) is 0 Å². The zero-order valence-electron chi connectivity index (χ0n) is 7.67. The van der Waals surface area contributed by atoms with Crippen LogP contribution in [0.5, 0.6) is 0 Å². The van der Waals surface area contributed by atoms with Crippen molar-refractivity contribution in [1.82, 2.24) is 0 Å². The van der Waals surface area contributed by atoms with Crippen LogP contribution >= 0.6 is 22.6 Å². The summed E-state index contributed by atoms with van der Waals surface area (Å²) in [5, 5.41) is 0. The fraction of sp³-hybridized carbons (Fsp3) is 0.875. The van der Waals surface area contributed by atoms with Gasteiger partial charge in [-0.25, -0.2) is 4.79 Å². The highest BCUT2D eigenvalue weighted by Crippen LogP contribution is 2.05. The van der Waals surface area contributed by atoms with E-state index in [9.17, 15) is 4.79 Å². The van der Waals surface area contributed by atoms with Crippen molar-refractivity contribution in [1.29, 1.82) is 0 Å². The van der Waals surface area contributed by atoms with Crippen LogP contribution in [0.3, 0.4) is 0 Å². The second-order valence-corrected chi connectivity index (χ2v) is 4.49. The maximum Gasteiger partial charge on any atom is 0.509 e. The highest BCUT2D eigenvalue weighted by Gasteiger charge is 2.08. The molecule has 0 aromatic heterocycles. The molecule has 0 bridgehead atoms. The van der Waals surface area contributed by atoms with Crippen LogP contribution in [-0.2, 0) is 9.47 Å². The summed E-state index contributed by atoms with van der Waals surface area (Å²) in [4.78, 5) is 10.8. The van der Waals surface area contributed by atoms with Gasteiger partial charge in [0.25, 0.3) is 0 Å². The minimum Gasteiger partial charge on any atom is -0.434 e. The summed E-state index contributed by atoms with van der Waals surface area (Å²) in [6.45, 7) is 6.31. The van der Waals surface area contributed by atoms with Gasteiger partial charge >= 0.3 is 6.16 Å². The van der Waals surface area contributed by atoms with Crippen LogP contribution in [0.2, 0.25) is 0 Å². The van der Waals surface area contributed by atoms with Crippen LogP contribution in [0.25, 0.3) is 0 Å². The molecule has 2 unspecified atom stereocenters. The van der Waals surface area contributed by atoms with E-state index in [-0.39, 0.29) is 4.11 Å². The summed E-state index contributed by atoms with van der Waals surface area (Å²) in [6.07, 6.45) is 0.435. The predicted molar refractivity (Wildman–Crippen MR) is 55.4 cm³/mol. The molecule has 0 saturated carbocycles. The summed E-state index contributed by atoms with van der Waals surface area (Å²) < 4.78 is 9.48. The molecule has 0 heterocycles. The molecule has 3 nitrogen and oxygen atoms in total. The van der Waals surface area contributed by atoms with Gasteiger partial charge in [0.1, 0.15) is 0 Å². The summed E-state index contributed by atoms with van der Waals surface area (Å²) in [7, 11) is 0. The van der Waals surface area contributed by atoms with Gasteiger partial charge in [0.05, 0.1) is 6.61 Å². The molecule has 0 rings (SSSR count). The maximum atomic E-state index is 10.8. The van der Waals surface area contributed by atoms with Crippen molar-refractivity contribution < 1.29 is 14.3 Å². The Labute approximate surface area is 86.9 Å². The van der Waals surface area contributed by atoms with Crippen molar-refractivity contribution in [3.05, 3.63) is 0 Å². The molecule has 0 aromatic carbocycles. The van der Waals surface area contributed by atoms with Crippen molar-refractivity contribution >= 4 is 28.7 Å². The number of hydrogen-bond donors (Lipinski definition) is 0. The Balaban J connectivity index is 3.44. The minimum atomic E-state index is -0.572. The first-order chi connectivity index (χ1) is 5.56. The molecule has 0 aliphatic heterocycles. The lowest BCUT2D eigenvalue weighted by molar-refractivity contribution is 0.0452. The number of halogens is 1. The van der Waals surface area contributed by atoms with E-state index in [0.717, 1.165) is 6.42 Å². The molecular weight excluding hydrogens is 271 g/mol. The Morgan fingerprint density at radius 1 is 1.50 bits per heavy atom. The Kier molecular flexibility index (Phi) is 6.51. The minimum absolute atomic E-state index is 0.132. The zero-order chi connectivity index (χ0) is 9.56. The van der Waals surface area contributed by atoms with Gasteiger partial charge in [-0.3, -0.25) is 0 Å². The maximum absolute atomic E-state index is 10.8. The SMILES string of the molecule is CCC(C)COC(=O)OC(C)I. The van der Waals surface area contributed by atoms with E-state index in [1.54, 1.807) is 6.92 Å². The van der Waals surface area contributed by atoms with E-state index in [4.69, 9.17) is 9.47 Å². The molecule has 0 N–H and O–H groups in total. The number of hydrogen-bond acceptors (Lipinski definition) is 3. The molecule has 0 aromatic rings. The smallest absolute Gasteiger partial charge is 0.434 e. The first-order valence-corrected chi connectivity index (χ1v) is 5.28. The fourth-order valence-corrected chi connectivity index (χ4v) is 0.702. The standard InChI is InChI=1S/C8H15IO3/c1-4-6(2)5-11-8(10)12-7(3)9/h6-7H,4-5H2,1-3H3. The number of alkyl halides is 1. The van der Waals surface area contributed by atoms with E-state index in [2.05, 4.69) is 6.92 Å². The lowest BCUT2D eigenvalue weighted by Gasteiger charge is -2.10. The van der Waals surface area contributed by atoms with E-state index in [0.29, 0.717) is 12.5 Å². The van der Waals surface area contributed by atoms with Gasteiger partial charge in [-0.1, -0.05) is 20.3 Å². The fourth-order valence-electron chi connectivity index (χ4n) is 0.495. The monoisotopic (exact) mass is 286 g/mol. The van der Waals surface area contributed by atoms with Crippen LogP contribution in [-0.4, -0.2) is 16.9 Å². The van der Waals surface area contributed by atoms with E-state index >= 15 is 0 Å². The topological polar surface area (TPSA) is 35.5 Å². The van der Waals surface area contributed by atoms with Gasteiger partial charge in [0, 0.05) is 0 Å². The Bertz CT molecular complexity index is 136. The van der Waals surface area contributed by atoms with Gasteiger partial charge < -0.3 is 9.47 Å². The van der Waals surface area contributed by atoms with E-state index < -0.39 is 6.16 Å². The van der Waals surface area contributed by atoms with Crippen molar-refractivity contribution in [3.8, 4) is 0 Å². The normalized spacial score (nSPS) is 15.0. The van der Waals surface area contributed by atoms with Gasteiger partial charge in [0.15, 0.2) is 4.11 Å². The third-order valence-electron chi connectivity index (χ3n) is 1.44. The molecule has 72 valence electrons. The molecule has 2 atom stereocenters. The number of carbonyl (C=O) groups excluding carboxylic acids is 1. The number of carbonyl (C=O) groups is 1. The molecule has 0 amide bonds. The van der Waals surface area contributed by atoms with Gasteiger partial charge in [0.2, 0.25) is 0 Å². The van der Waals surface area contributed by atoms with Gasteiger partial charge in [-0.05, 0) is 35.4 Å². The van der Waals surface area contributed by atoms with Crippen LogP contribution in [0.1, 0.15) is 27.2 Å². The first-order valence-electron chi connectivity index (χ1n) is 4.03.